The predicted molar refractivity (Wildman–Crippen MR) is 135 cm³/mol. The molecule has 1 aliphatic rings. The molecule has 1 aliphatic heterocycles. The maximum atomic E-state index is 12.9. The number of carbonyl (C=O) groups excluding carboxylic acids is 1. The van der Waals surface area contributed by atoms with Gasteiger partial charge in [-0.1, -0.05) is 42.5 Å². The normalized spacial score (nSPS) is 16.3. The van der Waals surface area contributed by atoms with Gasteiger partial charge in [-0.25, -0.2) is 0 Å². The summed E-state index contributed by atoms with van der Waals surface area (Å²) in [6.45, 7) is 11.2. The van der Waals surface area contributed by atoms with Crippen LogP contribution in [0.2, 0.25) is 0 Å². The summed E-state index contributed by atoms with van der Waals surface area (Å²) in [5.41, 5.74) is 2.99. The van der Waals surface area contributed by atoms with Gasteiger partial charge in [-0.15, -0.1) is 0 Å². The van der Waals surface area contributed by atoms with E-state index in [2.05, 4.69) is 15.5 Å². The van der Waals surface area contributed by atoms with Crippen LogP contribution in [0.3, 0.4) is 0 Å². The predicted octanol–water partition coefficient (Wildman–Crippen LogP) is 3.87. The van der Waals surface area contributed by atoms with Crippen molar-refractivity contribution in [3.05, 3.63) is 71.5 Å². The number of aromatic nitrogens is 2. The summed E-state index contributed by atoms with van der Waals surface area (Å²) in [6.07, 6.45) is 1.49. The molecular formula is C26H32BN3O5. The maximum Gasteiger partial charge on any atom is 0.494 e. The van der Waals surface area contributed by atoms with Gasteiger partial charge in [-0.2, -0.15) is 5.10 Å². The van der Waals surface area contributed by atoms with Crippen molar-refractivity contribution in [2.75, 3.05) is 18.5 Å². The zero-order valence-corrected chi connectivity index (χ0v) is 20.9. The lowest BCUT2D eigenvalue weighted by molar-refractivity contribution is 0.00578. The van der Waals surface area contributed by atoms with E-state index in [1.54, 1.807) is 0 Å². The van der Waals surface area contributed by atoms with Crippen molar-refractivity contribution in [1.29, 1.82) is 0 Å². The van der Waals surface area contributed by atoms with E-state index in [0.717, 1.165) is 16.6 Å². The maximum absolute atomic E-state index is 12.9. The van der Waals surface area contributed by atoms with Gasteiger partial charge in [-0.3, -0.25) is 9.89 Å². The zero-order valence-electron chi connectivity index (χ0n) is 20.9. The van der Waals surface area contributed by atoms with E-state index >= 15 is 0 Å². The minimum atomic E-state index is -0.458. The highest BCUT2D eigenvalue weighted by atomic mass is 16.7. The Balaban J connectivity index is 1.32. The Bertz CT molecular complexity index is 1150. The van der Waals surface area contributed by atoms with Crippen LogP contribution < -0.4 is 15.5 Å². The minimum absolute atomic E-state index is 0.252. The molecule has 35 heavy (non-hydrogen) atoms. The van der Waals surface area contributed by atoms with Crippen molar-refractivity contribution in [3.63, 3.8) is 0 Å². The summed E-state index contributed by atoms with van der Waals surface area (Å²) < 4.78 is 23.6. The van der Waals surface area contributed by atoms with Crippen molar-refractivity contribution in [2.45, 2.75) is 52.4 Å². The third-order valence-electron chi connectivity index (χ3n) is 6.45. The average molecular weight is 477 g/mol. The van der Waals surface area contributed by atoms with E-state index in [1.165, 1.54) is 6.20 Å². The molecule has 4 rings (SSSR count). The van der Waals surface area contributed by atoms with Crippen LogP contribution >= 0.6 is 0 Å². The van der Waals surface area contributed by atoms with E-state index in [9.17, 15) is 4.79 Å². The second-order valence-electron chi connectivity index (χ2n) is 9.61. The number of aromatic amines is 1. The van der Waals surface area contributed by atoms with Crippen LogP contribution in [-0.4, -0.2) is 47.6 Å². The molecule has 2 N–H and O–H groups in total. The quantitative estimate of drug-likeness (QED) is 0.359. The van der Waals surface area contributed by atoms with Crippen molar-refractivity contribution in [2.24, 2.45) is 0 Å². The number of benzene rings is 2. The molecule has 3 aromatic rings. The number of ether oxygens (including phenoxy) is 2. The Labute approximate surface area is 206 Å². The van der Waals surface area contributed by atoms with Crippen LogP contribution in [0.4, 0.5) is 5.69 Å². The second-order valence-corrected chi connectivity index (χ2v) is 9.61. The number of hydrogen-bond donors (Lipinski definition) is 2. The summed E-state index contributed by atoms with van der Waals surface area (Å²) in [4.78, 5) is 12.9. The molecule has 0 radical (unpaired) electrons. The summed E-state index contributed by atoms with van der Waals surface area (Å²) in [7, 11) is -0.458. The first-order valence-corrected chi connectivity index (χ1v) is 11.7. The van der Waals surface area contributed by atoms with Gasteiger partial charge in [0, 0.05) is 5.69 Å². The van der Waals surface area contributed by atoms with Gasteiger partial charge in [0.05, 0.1) is 30.6 Å². The Hall–Kier alpha value is -3.14. The molecule has 8 nitrogen and oxygen atoms in total. The van der Waals surface area contributed by atoms with Crippen LogP contribution in [0.5, 0.6) is 5.75 Å². The van der Waals surface area contributed by atoms with E-state index in [-0.39, 0.29) is 11.6 Å². The van der Waals surface area contributed by atoms with Crippen molar-refractivity contribution in [1.82, 2.24) is 10.2 Å². The molecule has 0 spiro atoms. The molecule has 2 aromatic carbocycles. The number of nitrogens with zero attached hydrogens (tertiary/aromatic N) is 1. The Morgan fingerprint density at radius 2 is 1.77 bits per heavy atom. The monoisotopic (exact) mass is 477 g/mol. The molecule has 9 heteroatoms. The molecular weight excluding hydrogens is 445 g/mol. The first-order valence-electron chi connectivity index (χ1n) is 11.7. The molecule has 1 aromatic heterocycles. The molecule has 0 atom stereocenters. The number of nitrogens with one attached hydrogen (secondary N) is 2. The molecule has 0 unspecified atom stereocenters. The van der Waals surface area contributed by atoms with Gasteiger partial charge in [0.1, 0.15) is 6.61 Å². The fourth-order valence-electron chi connectivity index (χ4n) is 3.66. The smallest absolute Gasteiger partial charge is 0.487 e. The number of rotatable bonds is 9. The molecule has 1 amide bonds. The highest BCUT2D eigenvalue weighted by molar-refractivity contribution is 6.62. The summed E-state index contributed by atoms with van der Waals surface area (Å²) >= 11 is 0. The average Bonchev–Trinajstić information content (AvgIpc) is 3.37. The standard InChI is InChI=1S/C26H32BN3O5/c1-18-15-20(27-34-25(2,3)26(4,5)35-27)11-12-21(18)29-24(31)23-22(16-28-30-23)33-14-13-32-17-19-9-7-6-8-10-19/h6-12,15-16H,13-14,17H2,1-5H3,(H,28,30)(H,29,31). The number of anilines is 1. The van der Waals surface area contributed by atoms with Gasteiger partial charge in [0.2, 0.25) is 0 Å². The lowest BCUT2D eigenvalue weighted by Gasteiger charge is -2.32. The van der Waals surface area contributed by atoms with Crippen LogP contribution in [0.15, 0.2) is 54.7 Å². The fourth-order valence-corrected chi connectivity index (χ4v) is 3.66. The number of carbonyl (C=O) groups is 1. The highest BCUT2D eigenvalue weighted by Gasteiger charge is 2.51. The van der Waals surface area contributed by atoms with Crippen LogP contribution in [0.1, 0.15) is 49.3 Å². The first kappa shape index (κ1) is 25.0. The number of hydrogen-bond acceptors (Lipinski definition) is 6. The molecule has 1 fully saturated rings. The Morgan fingerprint density at radius 1 is 1.06 bits per heavy atom. The van der Waals surface area contributed by atoms with Gasteiger partial charge < -0.3 is 24.1 Å². The van der Waals surface area contributed by atoms with Crippen molar-refractivity contribution < 1.29 is 23.6 Å². The van der Waals surface area contributed by atoms with Gasteiger partial charge in [0.25, 0.3) is 5.91 Å². The number of H-pyrrole nitrogens is 1. The highest BCUT2D eigenvalue weighted by Crippen LogP contribution is 2.36. The largest absolute Gasteiger partial charge is 0.494 e. The summed E-state index contributed by atoms with van der Waals surface area (Å²) in [5.74, 6) is 0.0338. The third kappa shape index (κ3) is 5.75. The second kappa shape index (κ2) is 10.2. The van der Waals surface area contributed by atoms with Crippen molar-refractivity contribution >= 4 is 24.2 Å². The van der Waals surface area contributed by atoms with Crippen molar-refractivity contribution in [3.8, 4) is 5.75 Å². The zero-order chi connectivity index (χ0) is 25.1. The van der Waals surface area contributed by atoms with Gasteiger partial charge in [0.15, 0.2) is 11.4 Å². The van der Waals surface area contributed by atoms with E-state index in [4.69, 9.17) is 18.8 Å². The minimum Gasteiger partial charge on any atom is -0.487 e. The summed E-state index contributed by atoms with van der Waals surface area (Å²) in [6, 6.07) is 15.6. The SMILES string of the molecule is Cc1cc(B2OC(C)(C)C(C)(C)O2)ccc1NC(=O)c1[nH]ncc1OCCOCc1ccccc1. The number of aryl methyl sites for hydroxylation is 1. The van der Waals surface area contributed by atoms with Crippen LogP contribution in [-0.2, 0) is 20.7 Å². The topological polar surface area (TPSA) is 94.7 Å². The van der Waals surface area contributed by atoms with Gasteiger partial charge >= 0.3 is 7.12 Å². The number of amides is 1. The lowest BCUT2D eigenvalue weighted by atomic mass is 9.78. The fraction of sp³-hybridized carbons (Fsp3) is 0.385. The molecule has 1 saturated heterocycles. The third-order valence-corrected chi connectivity index (χ3v) is 6.45. The molecule has 0 aliphatic carbocycles. The Kier molecular flexibility index (Phi) is 7.30. The first-order chi connectivity index (χ1) is 16.7. The van der Waals surface area contributed by atoms with E-state index in [1.807, 2.05) is 83.1 Å². The molecule has 2 heterocycles. The lowest BCUT2D eigenvalue weighted by Crippen LogP contribution is -2.41. The Morgan fingerprint density at radius 3 is 2.46 bits per heavy atom. The van der Waals surface area contributed by atoms with E-state index in [0.29, 0.717) is 31.3 Å². The van der Waals surface area contributed by atoms with Gasteiger partial charge in [-0.05, 0) is 57.3 Å². The van der Waals surface area contributed by atoms with E-state index < -0.39 is 18.3 Å². The molecule has 0 saturated carbocycles. The van der Waals surface area contributed by atoms with Crippen LogP contribution in [0, 0.1) is 6.92 Å². The molecule has 0 bridgehead atoms. The summed E-state index contributed by atoms with van der Waals surface area (Å²) in [5, 5.41) is 9.60. The molecule has 184 valence electrons. The van der Waals surface area contributed by atoms with Crippen LogP contribution in [0.25, 0.3) is 0 Å².